The van der Waals surface area contributed by atoms with Crippen molar-refractivity contribution in [3.8, 4) is 0 Å². The van der Waals surface area contributed by atoms with Crippen LogP contribution >= 0.6 is 11.8 Å². The van der Waals surface area contributed by atoms with E-state index in [1.807, 2.05) is 0 Å². The molecule has 0 N–H and O–H groups in total. The van der Waals surface area contributed by atoms with Crippen LogP contribution in [0.2, 0.25) is 25.7 Å². The molecule has 17 heavy (non-hydrogen) atoms. The standard InChI is InChI=1S/C15H26SSi/c1-12-9-13(2)15(14(3)10-12)11-16-7-8-17(4,5)6/h9-10H,7-8,11H2,1-6H3. The fourth-order valence-corrected chi connectivity index (χ4v) is 5.82. The van der Waals surface area contributed by atoms with Gasteiger partial charge in [-0.25, -0.2) is 0 Å². The van der Waals surface area contributed by atoms with Crippen molar-refractivity contribution in [2.45, 2.75) is 52.2 Å². The van der Waals surface area contributed by atoms with Gasteiger partial charge >= 0.3 is 0 Å². The SMILES string of the molecule is Cc1cc(C)c(CSCC[Si](C)(C)C)c(C)c1. The van der Waals surface area contributed by atoms with Gasteiger partial charge in [-0.2, -0.15) is 11.8 Å². The molecule has 0 heterocycles. The van der Waals surface area contributed by atoms with Gasteiger partial charge in [0.1, 0.15) is 0 Å². The van der Waals surface area contributed by atoms with E-state index in [1.54, 1.807) is 5.56 Å². The molecule has 1 aromatic carbocycles. The van der Waals surface area contributed by atoms with Crippen molar-refractivity contribution in [3.63, 3.8) is 0 Å². The zero-order chi connectivity index (χ0) is 13.1. The third-order valence-electron chi connectivity index (χ3n) is 3.08. The number of hydrogen-bond acceptors (Lipinski definition) is 1. The maximum Gasteiger partial charge on any atom is 0.0450 e. The highest BCUT2D eigenvalue weighted by atomic mass is 32.2. The van der Waals surface area contributed by atoms with Crippen molar-refractivity contribution >= 4 is 19.8 Å². The summed E-state index contributed by atoms with van der Waals surface area (Å²) in [5.41, 5.74) is 5.86. The number of benzene rings is 1. The lowest BCUT2D eigenvalue weighted by atomic mass is 10.0. The Bertz CT molecular complexity index is 354. The zero-order valence-corrected chi connectivity index (χ0v) is 14.0. The largest absolute Gasteiger partial charge is 0.157 e. The first-order chi connectivity index (χ1) is 7.79. The molecule has 0 aliphatic carbocycles. The fraction of sp³-hybridized carbons (Fsp3) is 0.600. The van der Waals surface area contributed by atoms with Crippen LogP contribution in [0.5, 0.6) is 0 Å². The summed E-state index contributed by atoms with van der Waals surface area (Å²) in [4.78, 5) is 0. The molecule has 2 heteroatoms. The van der Waals surface area contributed by atoms with Crippen LogP contribution in [0.4, 0.5) is 0 Å². The molecule has 1 rings (SSSR count). The monoisotopic (exact) mass is 266 g/mol. The molecular formula is C15H26SSi. The highest BCUT2D eigenvalue weighted by Crippen LogP contribution is 2.23. The Balaban J connectivity index is 2.53. The van der Waals surface area contributed by atoms with Crippen LogP contribution < -0.4 is 0 Å². The highest BCUT2D eigenvalue weighted by molar-refractivity contribution is 7.98. The van der Waals surface area contributed by atoms with E-state index in [2.05, 4.69) is 64.3 Å². The first-order valence-corrected chi connectivity index (χ1v) is 11.3. The lowest BCUT2D eigenvalue weighted by Gasteiger charge is -2.16. The minimum atomic E-state index is -0.852. The lowest BCUT2D eigenvalue weighted by molar-refractivity contribution is 1.21. The Morgan fingerprint density at radius 1 is 1.00 bits per heavy atom. The second-order valence-corrected chi connectivity index (χ2v) is 13.0. The summed E-state index contributed by atoms with van der Waals surface area (Å²) in [6.07, 6.45) is 0. The Hall–Kier alpha value is -0.213. The van der Waals surface area contributed by atoms with Gasteiger partial charge in [0, 0.05) is 13.8 Å². The third kappa shape index (κ3) is 5.30. The summed E-state index contributed by atoms with van der Waals surface area (Å²) in [7, 11) is -0.852. The molecule has 0 bridgehead atoms. The molecule has 0 spiro atoms. The van der Waals surface area contributed by atoms with Gasteiger partial charge in [-0.05, 0) is 49.3 Å². The van der Waals surface area contributed by atoms with Crippen molar-refractivity contribution < 1.29 is 0 Å². The van der Waals surface area contributed by atoms with Crippen LogP contribution in [0, 0.1) is 20.8 Å². The topological polar surface area (TPSA) is 0 Å². The maximum absolute atomic E-state index is 2.45. The summed E-state index contributed by atoms with van der Waals surface area (Å²) in [6, 6.07) is 6.05. The number of thioether (sulfide) groups is 1. The Morgan fingerprint density at radius 2 is 1.53 bits per heavy atom. The van der Waals surface area contributed by atoms with Gasteiger partial charge in [0.2, 0.25) is 0 Å². The summed E-state index contributed by atoms with van der Waals surface area (Å²) >= 11 is 2.10. The van der Waals surface area contributed by atoms with Crippen LogP contribution in [0.1, 0.15) is 22.3 Å². The predicted molar refractivity (Wildman–Crippen MR) is 85.0 cm³/mol. The van der Waals surface area contributed by atoms with Gasteiger partial charge in [0.15, 0.2) is 0 Å². The third-order valence-corrected chi connectivity index (χ3v) is 6.18. The van der Waals surface area contributed by atoms with Gasteiger partial charge in [-0.15, -0.1) is 0 Å². The Labute approximate surface area is 112 Å². The van der Waals surface area contributed by atoms with E-state index in [1.165, 1.54) is 34.2 Å². The summed E-state index contributed by atoms with van der Waals surface area (Å²) < 4.78 is 0. The van der Waals surface area contributed by atoms with E-state index < -0.39 is 8.07 Å². The van der Waals surface area contributed by atoms with Crippen LogP contribution in [-0.2, 0) is 5.75 Å². The molecule has 96 valence electrons. The highest BCUT2D eigenvalue weighted by Gasteiger charge is 2.12. The first-order valence-electron chi connectivity index (χ1n) is 6.44. The molecule has 0 nitrogen and oxygen atoms in total. The van der Waals surface area contributed by atoms with Crippen molar-refractivity contribution in [1.29, 1.82) is 0 Å². The molecule has 0 saturated carbocycles. The molecule has 0 aromatic heterocycles. The van der Waals surface area contributed by atoms with E-state index in [0.29, 0.717) is 0 Å². The fourth-order valence-electron chi connectivity index (χ4n) is 1.99. The normalized spacial score (nSPS) is 11.9. The van der Waals surface area contributed by atoms with Crippen molar-refractivity contribution in [2.75, 3.05) is 5.75 Å². The summed E-state index contributed by atoms with van der Waals surface area (Å²) in [6.45, 7) is 14.0. The van der Waals surface area contributed by atoms with Gasteiger partial charge < -0.3 is 0 Å². The zero-order valence-electron chi connectivity index (χ0n) is 12.2. The molecule has 0 atom stereocenters. The minimum Gasteiger partial charge on any atom is -0.157 e. The molecule has 0 aliphatic heterocycles. The van der Waals surface area contributed by atoms with Gasteiger partial charge in [-0.3, -0.25) is 0 Å². The molecule has 0 fully saturated rings. The van der Waals surface area contributed by atoms with Crippen LogP contribution in [-0.4, -0.2) is 13.8 Å². The number of hydrogen-bond donors (Lipinski definition) is 0. The van der Waals surface area contributed by atoms with Crippen LogP contribution in [0.3, 0.4) is 0 Å². The molecule has 0 amide bonds. The van der Waals surface area contributed by atoms with Crippen LogP contribution in [0.25, 0.3) is 0 Å². The summed E-state index contributed by atoms with van der Waals surface area (Å²) in [5.74, 6) is 2.50. The van der Waals surface area contributed by atoms with Crippen LogP contribution in [0.15, 0.2) is 12.1 Å². The minimum absolute atomic E-state index is 0.852. The molecule has 1 aromatic rings. The maximum atomic E-state index is 2.45. The Kier molecular flexibility index (Phi) is 5.33. The van der Waals surface area contributed by atoms with Gasteiger partial charge in [0.05, 0.1) is 0 Å². The van der Waals surface area contributed by atoms with Crippen molar-refractivity contribution in [1.82, 2.24) is 0 Å². The van der Waals surface area contributed by atoms with E-state index >= 15 is 0 Å². The average molecular weight is 267 g/mol. The molecule has 0 saturated heterocycles. The number of rotatable bonds is 5. The Morgan fingerprint density at radius 3 is 2.00 bits per heavy atom. The van der Waals surface area contributed by atoms with E-state index in [0.717, 1.165) is 0 Å². The lowest BCUT2D eigenvalue weighted by Crippen LogP contribution is -2.19. The van der Waals surface area contributed by atoms with Gasteiger partial charge in [0.25, 0.3) is 0 Å². The molecular weight excluding hydrogens is 240 g/mol. The van der Waals surface area contributed by atoms with E-state index in [9.17, 15) is 0 Å². The molecule has 0 unspecified atom stereocenters. The quantitative estimate of drug-likeness (QED) is 0.522. The van der Waals surface area contributed by atoms with Crippen molar-refractivity contribution in [2.24, 2.45) is 0 Å². The first kappa shape index (κ1) is 14.8. The molecule has 0 radical (unpaired) electrons. The summed E-state index contributed by atoms with van der Waals surface area (Å²) in [5, 5.41) is 0. The predicted octanol–water partition coefficient (Wildman–Crippen LogP) is 5.18. The second kappa shape index (κ2) is 6.10. The smallest absolute Gasteiger partial charge is 0.0450 e. The second-order valence-electron chi connectivity index (χ2n) is 6.24. The van der Waals surface area contributed by atoms with Gasteiger partial charge in [-0.1, -0.05) is 37.3 Å². The van der Waals surface area contributed by atoms with Crippen molar-refractivity contribution in [3.05, 3.63) is 34.4 Å². The average Bonchev–Trinajstić information content (AvgIpc) is 2.13. The number of aryl methyl sites for hydroxylation is 3. The van der Waals surface area contributed by atoms with E-state index in [4.69, 9.17) is 0 Å². The molecule has 0 aliphatic rings. The van der Waals surface area contributed by atoms with E-state index in [-0.39, 0.29) is 0 Å².